The van der Waals surface area contributed by atoms with Gasteiger partial charge >= 0.3 is 0 Å². The average Bonchev–Trinajstić information content (AvgIpc) is 3.19. The topological polar surface area (TPSA) is 15.3 Å². The van der Waals surface area contributed by atoms with Crippen LogP contribution in [0.25, 0.3) is 0 Å². The van der Waals surface area contributed by atoms with Gasteiger partial charge in [0.25, 0.3) is 0 Å². The van der Waals surface area contributed by atoms with Crippen LogP contribution in [-0.2, 0) is 0 Å². The average molecular weight is 283 g/mol. The van der Waals surface area contributed by atoms with Crippen molar-refractivity contribution in [2.75, 3.05) is 24.5 Å². The minimum absolute atomic E-state index is 0.178. The Kier molecular flexibility index (Phi) is 3.44. The number of benzene rings is 1. The number of nitrogens with one attached hydrogen (secondary N) is 1. The van der Waals surface area contributed by atoms with Crippen molar-refractivity contribution in [2.45, 2.75) is 31.7 Å². The summed E-state index contributed by atoms with van der Waals surface area (Å²) in [6, 6.07) is 5.04. The van der Waals surface area contributed by atoms with Crippen molar-refractivity contribution >= 4 is 17.3 Å². The third-order valence-electron chi connectivity index (χ3n) is 4.40. The van der Waals surface area contributed by atoms with Gasteiger partial charge in [-0.1, -0.05) is 11.6 Å². The van der Waals surface area contributed by atoms with Crippen LogP contribution in [-0.4, -0.2) is 25.2 Å². The van der Waals surface area contributed by atoms with Crippen LogP contribution >= 0.6 is 11.6 Å². The Hall–Kier alpha value is -0.800. The van der Waals surface area contributed by atoms with Gasteiger partial charge in [-0.3, -0.25) is 0 Å². The summed E-state index contributed by atoms with van der Waals surface area (Å²) in [5.41, 5.74) is 1.21. The molecule has 0 amide bonds. The van der Waals surface area contributed by atoms with Crippen LogP contribution in [0, 0.1) is 11.7 Å². The minimum atomic E-state index is -0.344. The third-order valence-corrected chi connectivity index (χ3v) is 4.69. The molecule has 0 radical (unpaired) electrons. The molecule has 1 unspecified atom stereocenters. The number of anilines is 1. The molecule has 2 fully saturated rings. The van der Waals surface area contributed by atoms with Gasteiger partial charge in [0, 0.05) is 24.3 Å². The van der Waals surface area contributed by atoms with Crippen molar-refractivity contribution in [3.05, 3.63) is 29.0 Å². The Morgan fingerprint density at radius 1 is 1.42 bits per heavy atom. The maximum atomic E-state index is 13.3. The van der Waals surface area contributed by atoms with Gasteiger partial charge in [-0.25, -0.2) is 4.39 Å². The summed E-state index contributed by atoms with van der Waals surface area (Å²) in [4.78, 5) is 2.34. The summed E-state index contributed by atoms with van der Waals surface area (Å²) in [6.45, 7) is 5.34. The second kappa shape index (κ2) is 4.95. The molecule has 0 bridgehead atoms. The Bertz CT molecular complexity index is 475. The zero-order chi connectivity index (χ0) is 13.5. The van der Waals surface area contributed by atoms with Crippen LogP contribution in [0.5, 0.6) is 0 Å². The van der Waals surface area contributed by atoms with Crippen LogP contribution in [0.15, 0.2) is 18.2 Å². The van der Waals surface area contributed by atoms with Crippen molar-refractivity contribution in [2.24, 2.45) is 5.92 Å². The van der Waals surface area contributed by atoms with Crippen molar-refractivity contribution in [1.29, 1.82) is 0 Å². The van der Waals surface area contributed by atoms with E-state index >= 15 is 0 Å². The molecule has 4 heteroatoms. The summed E-state index contributed by atoms with van der Waals surface area (Å²) in [6.07, 6.45) is 3.75. The molecule has 1 aliphatic carbocycles. The van der Waals surface area contributed by atoms with Crippen LogP contribution in [0.3, 0.4) is 0 Å². The number of rotatable bonds is 2. The SMILES string of the molecule is CC1(C2CC2)CN(c2ccc(F)c(Cl)c2)CCCN1. The Morgan fingerprint density at radius 2 is 2.21 bits per heavy atom. The molecule has 1 aromatic rings. The number of hydrogen-bond donors (Lipinski definition) is 1. The lowest BCUT2D eigenvalue weighted by Crippen LogP contribution is -2.51. The van der Waals surface area contributed by atoms with E-state index in [9.17, 15) is 4.39 Å². The highest BCUT2D eigenvalue weighted by Crippen LogP contribution is 2.41. The zero-order valence-corrected chi connectivity index (χ0v) is 12.0. The molecule has 1 heterocycles. The highest BCUT2D eigenvalue weighted by Gasteiger charge is 2.43. The van der Waals surface area contributed by atoms with E-state index in [1.165, 1.54) is 18.9 Å². The zero-order valence-electron chi connectivity index (χ0n) is 11.3. The van der Waals surface area contributed by atoms with Crippen LogP contribution < -0.4 is 10.2 Å². The highest BCUT2D eigenvalue weighted by molar-refractivity contribution is 6.31. The molecular weight excluding hydrogens is 263 g/mol. The van der Waals surface area contributed by atoms with Gasteiger partial charge in [-0.15, -0.1) is 0 Å². The van der Waals surface area contributed by atoms with Crippen LogP contribution in [0.4, 0.5) is 10.1 Å². The van der Waals surface area contributed by atoms with Crippen molar-refractivity contribution in [3.8, 4) is 0 Å². The fourth-order valence-electron chi connectivity index (χ4n) is 3.07. The largest absolute Gasteiger partial charge is 0.370 e. The molecule has 1 aliphatic heterocycles. The second-order valence-electron chi connectivity index (χ2n) is 5.99. The summed E-state index contributed by atoms with van der Waals surface area (Å²) in [5, 5.41) is 3.91. The summed E-state index contributed by atoms with van der Waals surface area (Å²) in [5.74, 6) is 0.437. The van der Waals surface area contributed by atoms with Crippen LogP contribution in [0.1, 0.15) is 26.2 Å². The molecule has 0 spiro atoms. The molecular formula is C15H20ClFN2. The molecule has 1 N–H and O–H groups in total. The fourth-order valence-corrected chi connectivity index (χ4v) is 3.25. The summed E-state index contributed by atoms with van der Waals surface area (Å²) >= 11 is 5.90. The molecule has 1 saturated carbocycles. The smallest absolute Gasteiger partial charge is 0.141 e. The van der Waals surface area contributed by atoms with E-state index in [-0.39, 0.29) is 16.4 Å². The number of halogens is 2. The molecule has 19 heavy (non-hydrogen) atoms. The second-order valence-corrected chi connectivity index (χ2v) is 6.40. The van der Waals surface area contributed by atoms with E-state index in [4.69, 9.17) is 11.6 Å². The standard InChI is InChI=1S/C15H20ClFN2/c1-15(11-3-4-11)10-19(8-2-7-18-15)12-5-6-14(17)13(16)9-12/h5-6,9,11,18H,2-4,7-8,10H2,1H3. The fraction of sp³-hybridized carbons (Fsp3) is 0.600. The van der Waals surface area contributed by atoms with E-state index in [1.54, 1.807) is 6.07 Å². The monoisotopic (exact) mass is 282 g/mol. The molecule has 1 aromatic carbocycles. The van der Waals surface area contributed by atoms with E-state index in [0.717, 1.165) is 37.7 Å². The maximum Gasteiger partial charge on any atom is 0.141 e. The Labute approximate surface area is 118 Å². The van der Waals surface area contributed by atoms with Crippen molar-refractivity contribution < 1.29 is 4.39 Å². The molecule has 3 rings (SSSR count). The van der Waals surface area contributed by atoms with E-state index in [1.807, 2.05) is 6.07 Å². The first kappa shape index (κ1) is 13.2. The van der Waals surface area contributed by atoms with E-state index in [2.05, 4.69) is 17.1 Å². The van der Waals surface area contributed by atoms with Gasteiger partial charge in [-0.05, 0) is 56.8 Å². The van der Waals surface area contributed by atoms with E-state index in [0.29, 0.717) is 0 Å². The highest BCUT2D eigenvalue weighted by atomic mass is 35.5. The number of nitrogens with zero attached hydrogens (tertiary/aromatic N) is 1. The molecule has 0 aromatic heterocycles. The first-order valence-corrected chi connectivity index (χ1v) is 7.41. The third kappa shape index (κ3) is 2.72. The Balaban J connectivity index is 1.83. The molecule has 104 valence electrons. The van der Waals surface area contributed by atoms with Crippen molar-refractivity contribution in [3.63, 3.8) is 0 Å². The van der Waals surface area contributed by atoms with Gasteiger partial charge in [-0.2, -0.15) is 0 Å². The first-order valence-electron chi connectivity index (χ1n) is 7.03. The molecule has 1 saturated heterocycles. The molecule has 1 atom stereocenters. The summed E-state index contributed by atoms with van der Waals surface area (Å²) in [7, 11) is 0. The minimum Gasteiger partial charge on any atom is -0.370 e. The normalized spacial score (nSPS) is 28.3. The first-order chi connectivity index (χ1) is 9.08. The van der Waals surface area contributed by atoms with Gasteiger partial charge in [0.1, 0.15) is 5.82 Å². The van der Waals surface area contributed by atoms with Crippen LogP contribution in [0.2, 0.25) is 5.02 Å². The number of hydrogen-bond acceptors (Lipinski definition) is 2. The molecule has 2 nitrogen and oxygen atoms in total. The lowest BCUT2D eigenvalue weighted by molar-refractivity contribution is 0.331. The predicted molar refractivity (Wildman–Crippen MR) is 77.4 cm³/mol. The van der Waals surface area contributed by atoms with E-state index < -0.39 is 0 Å². The van der Waals surface area contributed by atoms with Crippen molar-refractivity contribution in [1.82, 2.24) is 5.32 Å². The summed E-state index contributed by atoms with van der Waals surface area (Å²) < 4.78 is 13.3. The molecule has 2 aliphatic rings. The van der Waals surface area contributed by atoms with Gasteiger partial charge in [0.15, 0.2) is 0 Å². The Morgan fingerprint density at radius 3 is 2.89 bits per heavy atom. The lowest BCUT2D eigenvalue weighted by Gasteiger charge is -2.35. The van der Waals surface area contributed by atoms with Gasteiger partial charge in [0.2, 0.25) is 0 Å². The quantitative estimate of drug-likeness (QED) is 0.894. The van der Waals surface area contributed by atoms with Gasteiger partial charge in [0.05, 0.1) is 5.02 Å². The maximum absolute atomic E-state index is 13.3. The predicted octanol–water partition coefficient (Wildman–Crippen LogP) is 3.45. The van der Waals surface area contributed by atoms with Gasteiger partial charge < -0.3 is 10.2 Å². The lowest BCUT2D eigenvalue weighted by atomic mass is 9.95.